The van der Waals surface area contributed by atoms with Crippen molar-refractivity contribution in [2.75, 3.05) is 48.7 Å². The molecule has 1 aliphatic rings. The van der Waals surface area contributed by atoms with Gasteiger partial charge in [0, 0.05) is 55.0 Å². The van der Waals surface area contributed by atoms with Gasteiger partial charge in [0.25, 0.3) is 27.5 Å². The Kier molecular flexibility index (Phi) is 11.7. The minimum atomic E-state index is -4.72. The van der Waals surface area contributed by atoms with Crippen molar-refractivity contribution in [3.05, 3.63) is 130 Å². The molecule has 0 bridgehead atoms. The average molecular weight is 808 g/mol. The van der Waals surface area contributed by atoms with Crippen LogP contribution in [-0.2, 0) is 16.2 Å². The van der Waals surface area contributed by atoms with Gasteiger partial charge in [-0.2, -0.15) is 13.2 Å². The third kappa shape index (κ3) is 9.53. The van der Waals surface area contributed by atoms with E-state index >= 15 is 0 Å². The number of piperazine rings is 1. The van der Waals surface area contributed by atoms with Crippen LogP contribution < -0.4 is 14.9 Å². The lowest BCUT2D eigenvalue weighted by atomic mass is 9.98. The Balaban J connectivity index is 1.06. The van der Waals surface area contributed by atoms with E-state index in [4.69, 9.17) is 0 Å². The lowest BCUT2D eigenvalue weighted by molar-refractivity contribution is -0.384. The number of nitrogens with one attached hydrogen (secondary N) is 2. The van der Waals surface area contributed by atoms with Gasteiger partial charge in [0.2, 0.25) is 0 Å². The summed E-state index contributed by atoms with van der Waals surface area (Å²) in [6, 6.07) is 24.2. The molecule has 4 aromatic carbocycles. The number of phenols is 1. The maximum absolute atomic E-state index is 13.8. The molecule has 56 heavy (non-hydrogen) atoms. The second-order valence-electron chi connectivity index (χ2n) is 12.4. The van der Waals surface area contributed by atoms with Crippen molar-refractivity contribution < 1.29 is 41.2 Å². The highest BCUT2D eigenvalue weighted by Crippen LogP contribution is 2.35. The van der Waals surface area contributed by atoms with Crippen molar-refractivity contribution >= 4 is 50.8 Å². The molecule has 6 rings (SSSR count). The first-order chi connectivity index (χ1) is 26.7. The monoisotopic (exact) mass is 807 g/mol. The second-order valence-corrected chi connectivity index (χ2v) is 15.2. The van der Waals surface area contributed by atoms with Crippen LogP contribution in [0, 0.1) is 10.1 Å². The highest BCUT2D eigenvalue weighted by molar-refractivity contribution is 7.99. The number of alkyl halides is 3. The van der Waals surface area contributed by atoms with Crippen molar-refractivity contribution in [2.24, 2.45) is 0 Å². The van der Waals surface area contributed by atoms with Crippen molar-refractivity contribution in [1.82, 2.24) is 19.8 Å². The van der Waals surface area contributed by atoms with Gasteiger partial charge >= 0.3 is 6.18 Å². The largest absolute Gasteiger partial charge is 0.508 e. The fraction of sp³-hybridized carbons (Fsp3) is 0.189. The number of rotatable bonds is 12. The molecular formula is C37H32F3N7O7S2. The first-order valence-electron chi connectivity index (χ1n) is 16.8. The van der Waals surface area contributed by atoms with Gasteiger partial charge in [-0.1, -0.05) is 30.3 Å². The van der Waals surface area contributed by atoms with Crippen LogP contribution in [0.5, 0.6) is 5.75 Å². The number of aromatic hydroxyl groups is 1. The van der Waals surface area contributed by atoms with E-state index in [0.717, 1.165) is 29.2 Å². The van der Waals surface area contributed by atoms with Crippen molar-refractivity contribution in [3.8, 4) is 16.9 Å². The SMILES string of the molecule is O=C(NS(=O)(=O)c1ccc(NCCSc2ccccc2)c([N+](=O)[O-])c1)c1ccc(N2CCN(C(=O)c3cc(-c4cccc(O)c4)cc(C(F)(F)F)c3)CC2)nn1. The first kappa shape index (κ1) is 39.5. The van der Waals surface area contributed by atoms with Crippen LogP contribution in [0.3, 0.4) is 0 Å². The smallest absolute Gasteiger partial charge is 0.416 e. The van der Waals surface area contributed by atoms with Crippen LogP contribution in [0.1, 0.15) is 26.4 Å². The number of carbonyl (C=O) groups excluding carboxylic acids is 2. The van der Waals surface area contributed by atoms with Gasteiger partial charge < -0.3 is 20.2 Å². The molecule has 2 heterocycles. The lowest BCUT2D eigenvalue weighted by Gasteiger charge is -2.35. The summed E-state index contributed by atoms with van der Waals surface area (Å²) in [4.78, 5) is 41.0. The van der Waals surface area contributed by atoms with E-state index in [0.29, 0.717) is 23.7 Å². The molecular weight excluding hydrogens is 776 g/mol. The molecule has 5 aromatic rings. The van der Waals surface area contributed by atoms with Crippen LogP contribution in [0.15, 0.2) is 113 Å². The molecule has 1 fully saturated rings. The second kappa shape index (κ2) is 16.7. The Morgan fingerprint density at radius 2 is 1.62 bits per heavy atom. The third-order valence-electron chi connectivity index (χ3n) is 8.59. The third-order valence-corrected chi connectivity index (χ3v) is 10.9. The number of thioether (sulfide) groups is 1. The van der Waals surface area contributed by atoms with Crippen LogP contribution in [0.25, 0.3) is 11.1 Å². The molecule has 0 unspecified atom stereocenters. The number of sulfonamides is 1. The van der Waals surface area contributed by atoms with Gasteiger partial charge in [-0.05, 0) is 77.9 Å². The zero-order valence-electron chi connectivity index (χ0n) is 29.1. The number of aromatic nitrogens is 2. The van der Waals surface area contributed by atoms with E-state index in [1.165, 1.54) is 65.2 Å². The Labute approximate surface area is 322 Å². The first-order valence-corrected chi connectivity index (χ1v) is 19.3. The average Bonchev–Trinajstić information content (AvgIpc) is 3.19. The molecule has 0 radical (unpaired) electrons. The number of hydrogen-bond donors (Lipinski definition) is 3. The number of nitrogens with zero attached hydrogens (tertiary/aromatic N) is 5. The van der Waals surface area contributed by atoms with Crippen molar-refractivity contribution in [1.29, 1.82) is 0 Å². The summed E-state index contributed by atoms with van der Waals surface area (Å²) in [6.07, 6.45) is -4.72. The summed E-state index contributed by atoms with van der Waals surface area (Å²) in [5, 5.41) is 32.4. The fourth-order valence-electron chi connectivity index (χ4n) is 5.79. The molecule has 0 atom stereocenters. The summed E-state index contributed by atoms with van der Waals surface area (Å²) in [5.41, 5.74) is -1.52. The maximum Gasteiger partial charge on any atom is 0.416 e. The Bertz CT molecular complexity index is 2360. The predicted octanol–water partition coefficient (Wildman–Crippen LogP) is 6.06. The standard InChI is InChI=1S/C37H32F3N7O7S2/c38-37(39,40)27-20-25(24-5-4-6-28(48)22-24)19-26(21-27)36(50)46-16-14-45(15-17-46)34-12-11-32(42-43-34)35(49)44-56(53,54)30-9-10-31(33(23-30)47(51)52)41-13-18-55-29-7-2-1-3-8-29/h1-12,19-23,41,48H,13-18H2,(H,44,49). The molecule has 3 N–H and O–H groups in total. The molecule has 14 nitrogen and oxygen atoms in total. The number of carbonyl (C=O) groups is 2. The van der Waals surface area contributed by atoms with Gasteiger partial charge in [-0.15, -0.1) is 22.0 Å². The zero-order chi connectivity index (χ0) is 40.0. The normalized spacial score (nSPS) is 13.3. The number of nitro groups is 1. The zero-order valence-corrected chi connectivity index (χ0v) is 30.8. The van der Waals surface area contributed by atoms with E-state index in [1.54, 1.807) is 4.90 Å². The van der Waals surface area contributed by atoms with Crippen molar-refractivity contribution in [2.45, 2.75) is 16.0 Å². The van der Waals surface area contributed by atoms with Gasteiger partial charge in [0.05, 0.1) is 15.4 Å². The number of benzene rings is 4. The van der Waals surface area contributed by atoms with E-state index in [-0.39, 0.29) is 54.4 Å². The topological polar surface area (TPSA) is 188 Å². The molecule has 2 amide bonds. The van der Waals surface area contributed by atoms with Gasteiger partial charge in [-0.25, -0.2) is 13.1 Å². The van der Waals surface area contributed by atoms with E-state index in [9.17, 15) is 46.4 Å². The van der Waals surface area contributed by atoms with Gasteiger partial charge in [-0.3, -0.25) is 19.7 Å². The molecule has 1 saturated heterocycles. The van der Waals surface area contributed by atoms with Crippen LogP contribution in [-0.4, -0.2) is 83.8 Å². The minimum absolute atomic E-state index is 0.107. The highest BCUT2D eigenvalue weighted by Gasteiger charge is 2.33. The lowest BCUT2D eigenvalue weighted by Crippen LogP contribution is -2.49. The quantitative estimate of drug-likeness (QED) is 0.0573. The number of hydrogen-bond acceptors (Lipinski definition) is 12. The molecule has 0 aliphatic carbocycles. The van der Waals surface area contributed by atoms with Gasteiger partial charge in [0.1, 0.15) is 11.4 Å². The molecule has 1 aliphatic heterocycles. The Morgan fingerprint density at radius 3 is 2.29 bits per heavy atom. The van der Waals surface area contributed by atoms with Gasteiger partial charge in [0.15, 0.2) is 11.5 Å². The highest BCUT2D eigenvalue weighted by atomic mass is 32.2. The molecule has 290 valence electrons. The minimum Gasteiger partial charge on any atom is -0.508 e. The van der Waals surface area contributed by atoms with Crippen LogP contribution >= 0.6 is 11.8 Å². The van der Waals surface area contributed by atoms with Crippen LogP contribution in [0.2, 0.25) is 0 Å². The van der Waals surface area contributed by atoms with Crippen LogP contribution in [0.4, 0.5) is 30.4 Å². The summed E-state index contributed by atoms with van der Waals surface area (Å²) < 4.78 is 69.3. The maximum atomic E-state index is 13.8. The number of phenolic OH excluding ortho intramolecular Hbond substituents is 1. The summed E-state index contributed by atoms with van der Waals surface area (Å²) >= 11 is 1.54. The summed E-state index contributed by atoms with van der Waals surface area (Å²) in [7, 11) is -4.57. The molecule has 0 spiro atoms. The number of amides is 2. The Hall–Kier alpha value is -6.21. The van der Waals surface area contributed by atoms with E-state index in [1.807, 2.05) is 35.1 Å². The van der Waals surface area contributed by atoms with E-state index in [2.05, 4.69) is 15.5 Å². The molecule has 19 heteroatoms. The molecule has 0 saturated carbocycles. The fourth-order valence-corrected chi connectivity index (χ4v) is 7.56. The predicted molar refractivity (Wildman–Crippen MR) is 202 cm³/mol. The van der Waals surface area contributed by atoms with E-state index < -0.39 is 49.1 Å². The molecule has 1 aromatic heterocycles. The summed E-state index contributed by atoms with van der Waals surface area (Å²) in [5.74, 6) is -1.01. The van der Waals surface area contributed by atoms with Crippen molar-refractivity contribution in [3.63, 3.8) is 0 Å². The number of anilines is 2. The summed E-state index contributed by atoms with van der Waals surface area (Å²) in [6.45, 7) is 1.02. The Morgan fingerprint density at radius 1 is 0.875 bits per heavy atom. The number of halogens is 3. The number of nitro benzene ring substituents is 1.